The van der Waals surface area contributed by atoms with Gasteiger partial charge in [-0.1, -0.05) is 30.3 Å². The van der Waals surface area contributed by atoms with E-state index in [0.717, 1.165) is 10.5 Å². The zero-order valence-corrected chi connectivity index (χ0v) is 17.2. The van der Waals surface area contributed by atoms with Gasteiger partial charge < -0.3 is 5.32 Å². The topological polar surface area (TPSA) is 84.3 Å². The molecule has 4 aromatic rings. The average molecular weight is 440 g/mol. The molecule has 3 aromatic carbocycles. The van der Waals surface area contributed by atoms with Gasteiger partial charge in [0.2, 0.25) is 0 Å². The molecule has 7 nitrogen and oxygen atoms in total. The highest BCUT2D eigenvalue weighted by molar-refractivity contribution is 6.34. The van der Waals surface area contributed by atoms with Crippen LogP contribution in [-0.2, 0) is 6.54 Å². The van der Waals surface area contributed by atoms with Crippen molar-refractivity contribution in [2.45, 2.75) is 6.54 Å². The molecule has 0 fully saturated rings. The maximum Gasteiger partial charge on any atom is 0.266 e. The Labute approximate surface area is 188 Å². The van der Waals surface area contributed by atoms with Crippen molar-refractivity contribution in [2.24, 2.45) is 0 Å². The summed E-state index contributed by atoms with van der Waals surface area (Å²) in [4.78, 5) is 39.3. The number of aromatic nitrogens is 2. The third-order valence-corrected chi connectivity index (χ3v) is 5.28. The Morgan fingerprint density at radius 3 is 2.33 bits per heavy atom. The lowest BCUT2D eigenvalue weighted by atomic mass is 10.1. The molecule has 1 N–H and O–H groups in total. The lowest BCUT2D eigenvalue weighted by Gasteiger charge is -2.14. The number of nitrogens with zero attached hydrogens (tertiary/aromatic N) is 3. The zero-order chi connectivity index (χ0) is 22.9. The molecule has 0 atom stereocenters. The first kappa shape index (κ1) is 20.3. The molecule has 0 radical (unpaired) electrons. The Morgan fingerprint density at radius 2 is 1.61 bits per heavy atom. The second-order valence-corrected chi connectivity index (χ2v) is 7.52. The van der Waals surface area contributed by atoms with E-state index in [1.165, 1.54) is 18.2 Å². The molecule has 0 bridgehead atoms. The second kappa shape index (κ2) is 8.16. The molecule has 5 rings (SSSR count). The van der Waals surface area contributed by atoms with Crippen LogP contribution in [0.15, 0.2) is 85.1 Å². The predicted molar refractivity (Wildman–Crippen MR) is 120 cm³/mol. The summed E-state index contributed by atoms with van der Waals surface area (Å²) in [6.07, 6.45) is 1.68. The van der Waals surface area contributed by atoms with E-state index in [0.29, 0.717) is 29.2 Å². The average Bonchev–Trinajstić information content (AvgIpc) is 3.35. The van der Waals surface area contributed by atoms with Gasteiger partial charge in [-0.05, 0) is 48.0 Å². The molecular weight excluding hydrogens is 423 g/mol. The van der Waals surface area contributed by atoms with Crippen LogP contribution in [0.2, 0.25) is 0 Å². The van der Waals surface area contributed by atoms with Crippen molar-refractivity contribution >= 4 is 29.2 Å². The van der Waals surface area contributed by atoms with Gasteiger partial charge >= 0.3 is 0 Å². The van der Waals surface area contributed by atoms with Crippen LogP contribution < -0.4 is 10.2 Å². The van der Waals surface area contributed by atoms with E-state index in [1.807, 2.05) is 0 Å². The molecule has 8 heteroatoms. The van der Waals surface area contributed by atoms with Gasteiger partial charge in [-0.25, -0.2) is 9.29 Å². The Bertz CT molecular complexity index is 1380. The summed E-state index contributed by atoms with van der Waals surface area (Å²) < 4.78 is 15.0. The fraction of sp³-hybridized carbons (Fsp3) is 0.0400. The summed E-state index contributed by atoms with van der Waals surface area (Å²) in [5, 5.41) is 7.00. The van der Waals surface area contributed by atoms with Gasteiger partial charge in [0.1, 0.15) is 5.82 Å². The van der Waals surface area contributed by atoms with Crippen LogP contribution in [0.5, 0.6) is 0 Å². The fourth-order valence-corrected chi connectivity index (χ4v) is 3.74. The molecule has 0 spiro atoms. The van der Waals surface area contributed by atoms with Crippen LogP contribution in [0.1, 0.15) is 36.6 Å². The molecular formula is C25H17FN4O3. The Morgan fingerprint density at radius 1 is 0.879 bits per heavy atom. The van der Waals surface area contributed by atoms with Gasteiger partial charge in [-0.15, -0.1) is 0 Å². The van der Waals surface area contributed by atoms with Crippen molar-refractivity contribution in [3.8, 4) is 0 Å². The van der Waals surface area contributed by atoms with Gasteiger partial charge in [0.05, 0.1) is 23.4 Å². The quantitative estimate of drug-likeness (QED) is 0.473. The lowest BCUT2D eigenvalue weighted by Crippen LogP contribution is -2.29. The summed E-state index contributed by atoms with van der Waals surface area (Å²) >= 11 is 0. The first-order valence-electron chi connectivity index (χ1n) is 10.2. The molecule has 1 aliphatic rings. The van der Waals surface area contributed by atoms with Crippen LogP contribution in [0.3, 0.4) is 0 Å². The number of hydrogen-bond acceptors (Lipinski definition) is 4. The number of fused-ring (bicyclic) bond motifs is 1. The van der Waals surface area contributed by atoms with Crippen LogP contribution >= 0.6 is 0 Å². The van der Waals surface area contributed by atoms with E-state index in [1.54, 1.807) is 71.5 Å². The largest absolute Gasteiger partial charge is 0.305 e. The highest BCUT2D eigenvalue weighted by Gasteiger charge is 2.36. The molecule has 1 aromatic heterocycles. The Balaban J connectivity index is 1.32. The number of hydrogen-bond donors (Lipinski definition) is 1. The number of anilines is 2. The monoisotopic (exact) mass is 440 g/mol. The molecule has 3 amide bonds. The Hall–Kier alpha value is -4.59. The van der Waals surface area contributed by atoms with Crippen molar-refractivity contribution < 1.29 is 18.8 Å². The summed E-state index contributed by atoms with van der Waals surface area (Å²) in [7, 11) is 0. The van der Waals surface area contributed by atoms with Gasteiger partial charge in [0.15, 0.2) is 5.82 Å². The molecule has 162 valence electrons. The van der Waals surface area contributed by atoms with Crippen LogP contribution in [0.4, 0.5) is 15.9 Å². The highest BCUT2D eigenvalue weighted by Crippen LogP contribution is 2.28. The maximum atomic E-state index is 13.4. The fourth-order valence-electron chi connectivity index (χ4n) is 3.74. The standard InChI is InChI=1S/C25H17FN4O3/c26-18-7-3-5-16(13-18)15-29-12-11-22(28-29)27-23(31)17-6-4-8-19(14-17)30-24(32)20-9-1-2-10-21(20)25(30)33/h1-14H,15H2,(H,27,28,31). The van der Waals surface area contributed by atoms with Crippen molar-refractivity contribution in [3.05, 3.63) is 113 Å². The van der Waals surface area contributed by atoms with E-state index in [2.05, 4.69) is 10.4 Å². The third kappa shape index (κ3) is 3.89. The molecule has 0 saturated carbocycles. The minimum absolute atomic E-state index is 0.267. The first-order valence-corrected chi connectivity index (χ1v) is 10.2. The first-order chi connectivity index (χ1) is 16.0. The summed E-state index contributed by atoms with van der Waals surface area (Å²) in [5.74, 6) is -1.30. The summed E-state index contributed by atoms with van der Waals surface area (Å²) in [6.45, 7) is 0.350. The smallest absolute Gasteiger partial charge is 0.266 e. The maximum absolute atomic E-state index is 13.4. The number of halogens is 1. The molecule has 2 heterocycles. The van der Waals surface area contributed by atoms with Crippen molar-refractivity contribution in [1.82, 2.24) is 9.78 Å². The van der Waals surface area contributed by atoms with E-state index < -0.39 is 17.7 Å². The zero-order valence-electron chi connectivity index (χ0n) is 17.2. The molecule has 0 saturated heterocycles. The number of rotatable bonds is 5. The third-order valence-electron chi connectivity index (χ3n) is 5.28. The predicted octanol–water partition coefficient (Wildman–Crippen LogP) is 4.12. The normalized spacial score (nSPS) is 12.7. The van der Waals surface area contributed by atoms with Gasteiger partial charge in [0.25, 0.3) is 17.7 Å². The van der Waals surface area contributed by atoms with Crippen LogP contribution in [-0.4, -0.2) is 27.5 Å². The molecule has 0 aliphatic carbocycles. The number of nitrogens with one attached hydrogen (secondary N) is 1. The number of imide groups is 1. The minimum Gasteiger partial charge on any atom is -0.305 e. The highest BCUT2D eigenvalue weighted by atomic mass is 19.1. The van der Waals surface area contributed by atoms with Crippen LogP contribution in [0.25, 0.3) is 0 Å². The van der Waals surface area contributed by atoms with Gasteiger partial charge in [-0.2, -0.15) is 5.10 Å². The lowest BCUT2D eigenvalue weighted by molar-refractivity contribution is 0.0924. The number of carbonyl (C=O) groups excluding carboxylic acids is 3. The second-order valence-electron chi connectivity index (χ2n) is 7.52. The van der Waals surface area contributed by atoms with E-state index in [4.69, 9.17) is 0 Å². The van der Waals surface area contributed by atoms with Gasteiger partial charge in [0, 0.05) is 17.8 Å². The number of benzene rings is 3. The summed E-state index contributed by atoms with van der Waals surface area (Å²) in [6, 6.07) is 20.7. The van der Waals surface area contributed by atoms with Crippen LogP contribution in [0, 0.1) is 5.82 Å². The van der Waals surface area contributed by atoms with Crippen molar-refractivity contribution in [3.63, 3.8) is 0 Å². The number of amides is 3. The van der Waals surface area contributed by atoms with Crippen molar-refractivity contribution in [1.29, 1.82) is 0 Å². The van der Waals surface area contributed by atoms with Crippen molar-refractivity contribution in [2.75, 3.05) is 10.2 Å². The number of carbonyl (C=O) groups is 3. The minimum atomic E-state index is -0.440. The van der Waals surface area contributed by atoms with E-state index >= 15 is 0 Å². The summed E-state index contributed by atoms with van der Waals surface area (Å²) in [5.41, 5.74) is 1.99. The SMILES string of the molecule is O=C(Nc1ccn(Cc2cccc(F)c2)n1)c1cccc(N2C(=O)c3ccccc3C2=O)c1. The molecule has 33 heavy (non-hydrogen) atoms. The molecule has 1 aliphatic heterocycles. The van der Waals surface area contributed by atoms with E-state index in [9.17, 15) is 18.8 Å². The van der Waals surface area contributed by atoms with Gasteiger partial charge in [-0.3, -0.25) is 19.1 Å². The molecule has 0 unspecified atom stereocenters. The van der Waals surface area contributed by atoms with E-state index in [-0.39, 0.29) is 11.4 Å². The Kier molecular flexibility index (Phi) is 5.02.